The molecule has 0 aliphatic carbocycles. The molecule has 2 aromatic rings. The number of fused-ring (bicyclic) bond motifs is 3. The van der Waals surface area contributed by atoms with Crippen LogP contribution in [0.2, 0.25) is 0 Å². The molecule has 0 aromatic heterocycles. The molecule has 5 rings (SSSR count). The Morgan fingerprint density at radius 3 is 2.20 bits per heavy atom. The van der Waals surface area contributed by atoms with E-state index in [2.05, 4.69) is 58.3 Å². The number of benzene rings is 2. The second-order valence-electron chi connectivity index (χ2n) is 8.05. The Morgan fingerprint density at radius 1 is 0.760 bits per heavy atom. The van der Waals surface area contributed by atoms with Crippen LogP contribution in [0.3, 0.4) is 0 Å². The molecule has 2 nitrogen and oxygen atoms in total. The minimum absolute atomic E-state index is 0.799. The van der Waals surface area contributed by atoms with E-state index in [0.717, 1.165) is 18.4 Å². The van der Waals surface area contributed by atoms with Gasteiger partial charge in [0.2, 0.25) is 0 Å². The molecule has 2 heteroatoms. The minimum Gasteiger partial charge on any atom is -0.341 e. The molecule has 0 radical (unpaired) electrons. The van der Waals surface area contributed by atoms with Gasteiger partial charge in [-0.25, -0.2) is 0 Å². The van der Waals surface area contributed by atoms with Crippen molar-refractivity contribution in [3.05, 3.63) is 59.7 Å². The van der Waals surface area contributed by atoms with E-state index in [-0.39, 0.29) is 0 Å². The zero-order chi connectivity index (χ0) is 16.6. The number of nitrogens with zero attached hydrogens (tertiary/aromatic N) is 2. The number of piperidine rings is 2. The zero-order valence-electron chi connectivity index (χ0n) is 15.0. The van der Waals surface area contributed by atoms with Gasteiger partial charge in [-0.1, -0.05) is 42.8 Å². The fourth-order valence-corrected chi connectivity index (χ4v) is 5.40. The monoisotopic (exact) mass is 332 g/mol. The summed E-state index contributed by atoms with van der Waals surface area (Å²) >= 11 is 0. The lowest BCUT2D eigenvalue weighted by Gasteiger charge is -2.46. The Balaban J connectivity index is 1.49. The van der Waals surface area contributed by atoms with Gasteiger partial charge in [0.25, 0.3) is 0 Å². The highest BCUT2D eigenvalue weighted by atomic mass is 15.2. The van der Waals surface area contributed by atoms with Crippen LogP contribution < -0.4 is 4.90 Å². The van der Waals surface area contributed by atoms with Crippen LogP contribution in [0, 0.1) is 5.92 Å². The third-order valence-corrected chi connectivity index (χ3v) is 6.59. The van der Waals surface area contributed by atoms with E-state index in [1.54, 1.807) is 0 Å². The van der Waals surface area contributed by atoms with Crippen LogP contribution in [-0.4, -0.2) is 30.6 Å². The lowest BCUT2D eigenvalue weighted by Crippen LogP contribution is -2.50. The van der Waals surface area contributed by atoms with Crippen molar-refractivity contribution in [2.75, 3.05) is 24.5 Å². The van der Waals surface area contributed by atoms with Crippen molar-refractivity contribution in [2.45, 2.75) is 44.6 Å². The van der Waals surface area contributed by atoms with Crippen LogP contribution >= 0.6 is 0 Å². The van der Waals surface area contributed by atoms with Gasteiger partial charge in [0.05, 0.1) is 0 Å². The Morgan fingerprint density at radius 2 is 1.44 bits per heavy atom. The van der Waals surface area contributed by atoms with Gasteiger partial charge >= 0.3 is 0 Å². The largest absolute Gasteiger partial charge is 0.341 e. The third kappa shape index (κ3) is 2.77. The second kappa shape index (κ2) is 6.49. The van der Waals surface area contributed by atoms with Gasteiger partial charge in [-0.3, -0.25) is 0 Å². The lowest BCUT2D eigenvalue weighted by molar-refractivity contribution is 0.0631. The predicted octanol–water partition coefficient (Wildman–Crippen LogP) is 4.99. The molecule has 2 fully saturated rings. The van der Waals surface area contributed by atoms with Gasteiger partial charge in [-0.15, -0.1) is 0 Å². The number of hydrogen-bond donors (Lipinski definition) is 0. The Hall–Kier alpha value is -1.80. The molecule has 2 aromatic carbocycles. The summed E-state index contributed by atoms with van der Waals surface area (Å²) in [5.74, 6) is 0.799. The van der Waals surface area contributed by atoms with Crippen molar-refractivity contribution < 1.29 is 0 Å². The van der Waals surface area contributed by atoms with Crippen molar-refractivity contribution in [2.24, 2.45) is 5.92 Å². The average Bonchev–Trinajstić information content (AvgIpc) is 2.68. The summed E-state index contributed by atoms with van der Waals surface area (Å²) in [5, 5.41) is 0. The molecule has 130 valence electrons. The van der Waals surface area contributed by atoms with E-state index in [4.69, 9.17) is 0 Å². The van der Waals surface area contributed by atoms with Gasteiger partial charge in [0.15, 0.2) is 0 Å². The van der Waals surface area contributed by atoms with Crippen LogP contribution in [0.15, 0.2) is 48.5 Å². The topological polar surface area (TPSA) is 6.48 Å². The van der Waals surface area contributed by atoms with Crippen molar-refractivity contribution >= 4 is 11.4 Å². The van der Waals surface area contributed by atoms with Crippen molar-refractivity contribution in [3.63, 3.8) is 0 Å². The first-order valence-electron chi connectivity index (χ1n) is 10.1. The molecule has 3 aliphatic rings. The fourth-order valence-electron chi connectivity index (χ4n) is 5.40. The van der Waals surface area contributed by atoms with Gasteiger partial charge in [-0.2, -0.15) is 0 Å². The van der Waals surface area contributed by atoms with Gasteiger partial charge in [0, 0.05) is 30.4 Å². The number of rotatable bonds is 2. The molecule has 3 heterocycles. The van der Waals surface area contributed by atoms with Crippen LogP contribution in [0.1, 0.15) is 43.2 Å². The van der Waals surface area contributed by atoms with Crippen LogP contribution in [0.25, 0.3) is 0 Å². The van der Waals surface area contributed by atoms with Gasteiger partial charge < -0.3 is 9.80 Å². The number of para-hydroxylation sites is 2. The highest BCUT2D eigenvalue weighted by Crippen LogP contribution is 2.41. The molecule has 2 saturated heterocycles. The van der Waals surface area contributed by atoms with Crippen molar-refractivity contribution in [3.8, 4) is 0 Å². The SMILES string of the molecule is c1ccc2c(c1)Cc1ccccc1N2C[C@@H]1CCCN2CCCC[C@H]12. The number of hydrogen-bond acceptors (Lipinski definition) is 2. The molecule has 2 atom stereocenters. The third-order valence-electron chi connectivity index (χ3n) is 6.59. The van der Waals surface area contributed by atoms with Crippen LogP contribution in [0.5, 0.6) is 0 Å². The molecule has 3 aliphatic heterocycles. The summed E-state index contributed by atoms with van der Waals surface area (Å²) < 4.78 is 0. The second-order valence-corrected chi connectivity index (χ2v) is 8.05. The van der Waals surface area contributed by atoms with Gasteiger partial charge in [0.1, 0.15) is 0 Å². The highest BCUT2D eigenvalue weighted by molar-refractivity contribution is 5.74. The number of anilines is 2. The van der Waals surface area contributed by atoms with E-state index >= 15 is 0 Å². The standard InChI is InChI=1S/C23H28N2/c1-3-12-22-18(8-1)16-19-9-2-4-13-23(19)25(22)17-20-10-7-15-24-14-6-5-11-21(20)24/h1-4,8-9,12-13,20-21H,5-7,10-11,14-17H2/t20-,21+/m0/s1. The molecule has 0 amide bonds. The highest BCUT2D eigenvalue weighted by Gasteiger charge is 2.35. The Labute approximate surface area is 151 Å². The van der Waals surface area contributed by atoms with Crippen LogP contribution in [0.4, 0.5) is 11.4 Å². The molecule has 0 unspecified atom stereocenters. The quantitative estimate of drug-likeness (QED) is 0.764. The first-order valence-corrected chi connectivity index (χ1v) is 10.1. The molecule has 0 spiro atoms. The normalized spacial score (nSPS) is 25.8. The van der Waals surface area contributed by atoms with Crippen molar-refractivity contribution in [1.82, 2.24) is 4.90 Å². The summed E-state index contributed by atoms with van der Waals surface area (Å²) in [4.78, 5) is 5.43. The first-order chi connectivity index (χ1) is 12.4. The average molecular weight is 332 g/mol. The van der Waals surface area contributed by atoms with E-state index < -0.39 is 0 Å². The molecule has 0 N–H and O–H groups in total. The summed E-state index contributed by atoms with van der Waals surface area (Å²) in [7, 11) is 0. The van der Waals surface area contributed by atoms with Crippen LogP contribution in [-0.2, 0) is 6.42 Å². The van der Waals surface area contributed by atoms with E-state index in [1.165, 1.54) is 74.2 Å². The molecule has 0 bridgehead atoms. The lowest BCUT2D eigenvalue weighted by atomic mass is 9.82. The Kier molecular flexibility index (Phi) is 4.01. The molecule has 0 saturated carbocycles. The van der Waals surface area contributed by atoms with E-state index in [0.29, 0.717) is 0 Å². The maximum atomic E-state index is 2.79. The molecular weight excluding hydrogens is 304 g/mol. The van der Waals surface area contributed by atoms with Gasteiger partial charge in [-0.05, 0) is 68.0 Å². The van der Waals surface area contributed by atoms with Crippen molar-refractivity contribution in [1.29, 1.82) is 0 Å². The molecule has 25 heavy (non-hydrogen) atoms. The summed E-state index contributed by atoms with van der Waals surface area (Å²) in [6.45, 7) is 3.83. The summed E-state index contributed by atoms with van der Waals surface area (Å²) in [6, 6.07) is 18.9. The maximum Gasteiger partial charge on any atom is 0.0446 e. The van der Waals surface area contributed by atoms with E-state index in [1.807, 2.05) is 0 Å². The predicted molar refractivity (Wildman–Crippen MR) is 105 cm³/mol. The minimum atomic E-state index is 0.799. The fraction of sp³-hybridized carbons (Fsp3) is 0.478. The molecular formula is C23H28N2. The summed E-state index contributed by atoms with van der Waals surface area (Å²) in [6.07, 6.45) is 8.06. The summed E-state index contributed by atoms with van der Waals surface area (Å²) in [5.41, 5.74) is 5.85. The first kappa shape index (κ1) is 15.5. The Bertz CT molecular complexity index is 706. The smallest absolute Gasteiger partial charge is 0.0446 e. The zero-order valence-corrected chi connectivity index (χ0v) is 15.0. The van der Waals surface area contributed by atoms with E-state index in [9.17, 15) is 0 Å². The maximum absolute atomic E-state index is 2.79.